The number of carbonyl (C=O) groups is 1. The molecule has 0 aliphatic heterocycles. The molecule has 0 saturated heterocycles. The lowest BCUT2D eigenvalue weighted by Crippen LogP contribution is -2.32. The number of benzene rings is 2. The summed E-state index contributed by atoms with van der Waals surface area (Å²) in [4.78, 5) is 18.6. The summed E-state index contributed by atoms with van der Waals surface area (Å²) in [6.45, 7) is 4.98. The molecule has 8 nitrogen and oxygen atoms in total. The lowest BCUT2D eigenvalue weighted by Gasteiger charge is -2.20. The molecule has 0 fully saturated rings. The summed E-state index contributed by atoms with van der Waals surface area (Å²) in [6, 6.07) is 12.4. The Morgan fingerprint density at radius 1 is 1.16 bits per heavy atom. The summed E-state index contributed by atoms with van der Waals surface area (Å²) >= 11 is 0. The fourth-order valence-electron chi connectivity index (χ4n) is 3.44. The number of carbonyl (C=O) groups excluding carboxylic acids is 1. The van der Waals surface area contributed by atoms with Crippen molar-refractivity contribution in [2.75, 3.05) is 20.2 Å². The van der Waals surface area contributed by atoms with Gasteiger partial charge in [0.2, 0.25) is 10.0 Å². The molecule has 0 bridgehead atoms. The van der Waals surface area contributed by atoms with Gasteiger partial charge in [-0.3, -0.25) is 4.79 Å². The number of methoxy groups -OCH3 is 1. The van der Waals surface area contributed by atoms with E-state index >= 15 is 0 Å². The number of sulfonamides is 1. The molecule has 0 aliphatic rings. The summed E-state index contributed by atoms with van der Waals surface area (Å²) in [5.74, 6) is 1.02. The Bertz CT molecular complexity index is 1170. The molecule has 0 radical (unpaired) electrons. The molecule has 170 valence electrons. The molecule has 1 amide bonds. The Kier molecular flexibility index (Phi) is 7.32. The zero-order chi connectivity index (χ0) is 23.3. The molecule has 0 spiro atoms. The molecule has 1 N–H and O–H groups in total. The molecule has 1 unspecified atom stereocenters. The number of aryl methyl sites for hydroxylation is 1. The quantitative estimate of drug-likeness (QED) is 0.534. The van der Waals surface area contributed by atoms with Crippen molar-refractivity contribution in [3.63, 3.8) is 0 Å². The van der Waals surface area contributed by atoms with E-state index in [0.717, 1.165) is 0 Å². The number of aromatic nitrogens is 2. The van der Waals surface area contributed by atoms with Gasteiger partial charge in [0.25, 0.3) is 5.91 Å². The van der Waals surface area contributed by atoms with Crippen LogP contribution in [0.25, 0.3) is 0 Å². The minimum absolute atomic E-state index is 0.0655. The summed E-state index contributed by atoms with van der Waals surface area (Å²) in [7, 11) is -0.554. The van der Waals surface area contributed by atoms with E-state index in [0.29, 0.717) is 35.8 Å². The maximum atomic E-state index is 13.2. The number of nitrogens with one attached hydrogen (secondary N) is 1. The van der Waals surface area contributed by atoms with Crippen LogP contribution in [0.15, 0.2) is 65.8 Å². The van der Waals surface area contributed by atoms with Gasteiger partial charge in [0.05, 0.1) is 12.0 Å². The van der Waals surface area contributed by atoms with Crippen molar-refractivity contribution < 1.29 is 17.9 Å². The van der Waals surface area contributed by atoms with Crippen LogP contribution >= 0.6 is 0 Å². The van der Waals surface area contributed by atoms with Gasteiger partial charge in [-0.2, -0.15) is 4.72 Å². The number of hydrogen-bond acceptors (Lipinski definition) is 5. The van der Waals surface area contributed by atoms with E-state index in [1.165, 1.54) is 24.3 Å². The predicted octanol–water partition coefficient (Wildman–Crippen LogP) is 2.98. The molecule has 3 aromatic rings. The molecular formula is C23H28N4O4S. The first-order valence-corrected chi connectivity index (χ1v) is 11.8. The Hall–Kier alpha value is -3.17. The number of rotatable bonds is 9. The van der Waals surface area contributed by atoms with Gasteiger partial charge in [0.1, 0.15) is 17.6 Å². The SMILES string of the molecule is CCN(CC)C(=O)c1ccc(S(=O)(=O)NC(c2cccc(OC)c2)c2nccn2C)cc1. The Morgan fingerprint density at radius 2 is 1.84 bits per heavy atom. The summed E-state index contributed by atoms with van der Waals surface area (Å²) in [5.41, 5.74) is 1.14. The predicted molar refractivity (Wildman–Crippen MR) is 122 cm³/mol. The van der Waals surface area contributed by atoms with E-state index in [-0.39, 0.29) is 10.8 Å². The Morgan fingerprint density at radius 3 is 2.41 bits per heavy atom. The lowest BCUT2D eigenvalue weighted by atomic mass is 10.1. The van der Waals surface area contributed by atoms with Crippen molar-refractivity contribution in [2.24, 2.45) is 7.05 Å². The maximum Gasteiger partial charge on any atom is 0.253 e. The lowest BCUT2D eigenvalue weighted by molar-refractivity contribution is 0.0773. The van der Waals surface area contributed by atoms with Crippen LogP contribution in [-0.4, -0.2) is 49.0 Å². The van der Waals surface area contributed by atoms with Crippen LogP contribution in [0.2, 0.25) is 0 Å². The second kappa shape index (κ2) is 9.97. The first kappa shape index (κ1) is 23.5. The number of nitrogens with zero attached hydrogens (tertiary/aromatic N) is 3. The third-order valence-electron chi connectivity index (χ3n) is 5.28. The zero-order valence-electron chi connectivity index (χ0n) is 18.6. The van der Waals surface area contributed by atoms with Crippen LogP contribution in [0.3, 0.4) is 0 Å². The van der Waals surface area contributed by atoms with Gasteiger partial charge in [-0.1, -0.05) is 12.1 Å². The highest BCUT2D eigenvalue weighted by Gasteiger charge is 2.26. The van der Waals surface area contributed by atoms with Gasteiger partial charge in [0.15, 0.2) is 0 Å². The van der Waals surface area contributed by atoms with E-state index in [1.54, 1.807) is 54.2 Å². The van der Waals surface area contributed by atoms with E-state index in [9.17, 15) is 13.2 Å². The number of amides is 1. The largest absolute Gasteiger partial charge is 0.497 e. The fourth-order valence-corrected chi connectivity index (χ4v) is 4.62. The van der Waals surface area contributed by atoms with Crippen LogP contribution in [0.4, 0.5) is 0 Å². The van der Waals surface area contributed by atoms with E-state index in [1.807, 2.05) is 19.9 Å². The fraction of sp³-hybridized carbons (Fsp3) is 0.304. The summed E-state index contributed by atoms with van der Waals surface area (Å²) < 4.78 is 36.3. The highest BCUT2D eigenvalue weighted by atomic mass is 32.2. The number of imidazole rings is 1. The molecule has 9 heteroatoms. The maximum absolute atomic E-state index is 13.2. The molecule has 3 rings (SSSR count). The smallest absolute Gasteiger partial charge is 0.253 e. The van der Waals surface area contributed by atoms with Crippen molar-refractivity contribution in [1.82, 2.24) is 19.2 Å². The molecule has 0 saturated carbocycles. The standard InChI is InChI=1S/C23H28N4O4S/c1-5-27(6-2)23(28)17-10-12-20(13-11-17)32(29,30)25-21(22-24-14-15-26(22)3)18-8-7-9-19(16-18)31-4/h7-16,21,25H,5-6H2,1-4H3. The number of hydrogen-bond donors (Lipinski definition) is 1. The van der Waals surface area contributed by atoms with Gasteiger partial charge in [0, 0.05) is 38.1 Å². The normalized spacial score (nSPS) is 12.4. The van der Waals surface area contributed by atoms with Crippen LogP contribution in [0.1, 0.15) is 41.6 Å². The van der Waals surface area contributed by atoms with Gasteiger partial charge < -0.3 is 14.2 Å². The molecule has 1 aromatic heterocycles. The summed E-state index contributed by atoms with van der Waals surface area (Å²) in [5, 5.41) is 0. The van der Waals surface area contributed by atoms with E-state index < -0.39 is 16.1 Å². The highest BCUT2D eigenvalue weighted by molar-refractivity contribution is 7.89. The first-order chi connectivity index (χ1) is 15.3. The van der Waals surface area contributed by atoms with Crippen LogP contribution in [-0.2, 0) is 17.1 Å². The van der Waals surface area contributed by atoms with E-state index in [4.69, 9.17) is 4.74 Å². The molecular weight excluding hydrogens is 428 g/mol. The monoisotopic (exact) mass is 456 g/mol. The first-order valence-electron chi connectivity index (χ1n) is 10.3. The van der Waals surface area contributed by atoms with Crippen molar-refractivity contribution in [3.8, 4) is 5.75 Å². The van der Waals surface area contributed by atoms with Crippen LogP contribution in [0.5, 0.6) is 5.75 Å². The summed E-state index contributed by atoms with van der Waals surface area (Å²) in [6.07, 6.45) is 3.37. The second-order valence-electron chi connectivity index (χ2n) is 7.23. The minimum Gasteiger partial charge on any atom is -0.497 e. The van der Waals surface area contributed by atoms with Crippen molar-refractivity contribution >= 4 is 15.9 Å². The topological polar surface area (TPSA) is 93.5 Å². The highest BCUT2D eigenvalue weighted by Crippen LogP contribution is 2.26. The van der Waals surface area contributed by atoms with Gasteiger partial charge in [-0.15, -0.1) is 0 Å². The molecule has 1 atom stereocenters. The van der Waals surface area contributed by atoms with Gasteiger partial charge in [-0.25, -0.2) is 13.4 Å². The molecule has 2 aromatic carbocycles. The van der Waals surface area contributed by atoms with Gasteiger partial charge >= 0.3 is 0 Å². The Balaban J connectivity index is 1.93. The van der Waals surface area contributed by atoms with Crippen molar-refractivity contribution in [3.05, 3.63) is 77.9 Å². The average molecular weight is 457 g/mol. The van der Waals surface area contributed by atoms with E-state index in [2.05, 4.69) is 9.71 Å². The van der Waals surface area contributed by atoms with Gasteiger partial charge in [-0.05, 0) is 55.8 Å². The molecule has 0 aliphatic carbocycles. The van der Waals surface area contributed by atoms with Crippen LogP contribution in [0, 0.1) is 0 Å². The average Bonchev–Trinajstić information content (AvgIpc) is 3.24. The zero-order valence-corrected chi connectivity index (χ0v) is 19.5. The van der Waals surface area contributed by atoms with Crippen LogP contribution < -0.4 is 9.46 Å². The van der Waals surface area contributed by atoms with Crippen molar-refractivity contribution in [1.29, 1.82) is 0 Å². The van der Waals surface area contributed by atoms with Crippen molar-refractivity contribution in [2.45, 2.75) is 24.8 Å². The minimum atomic E-state index is -3.91. The molecule has 1 heterocycles. The molecule has 32 heavy (non-hydrogen) atoms. The second-order valence-corrected chi connectivity index (χ2v) is 8.94. The third-order valence-corrected chi connectivity index (χ3v) is 6.72. The third kappa shape index (κ3) is 5.00. The number of ether oxygens (including phenoxy) is 1. The Labute approximate surface area is 188 Å².